The summed E-state index contributed by atoms with van der Waals surface area (Å²) in [7, 11) is -2.21. The highest BCUT2D eigenvalue weighted by atomic mass is 35.5. The van der Waals surface area contributed by atoms with Crippen LogP contribution < -0.4 is 0 Å². The first-order valence-corrected chi connectivity index (χ1v) is 7.44. The lowest BCUT2D eigenvalue weighted by molar-refractivity contribution is -0.136. The van der Waals surface area contributed by atoms with Crippen molar-refractivity contribution in [2.45, 2.75) is 31.3 Å². The number of halogens is 1. The zero-order valence-electron chi connectivity index (χ0n) is 10.3. The molecular formula is C10H15ClN2O4S. The molecule has 0 aliphatic heterocycles. The Morgan fingerprint density at radius 3 is 2.50 bits per heavy atom. The minimum absolute atomic E-state index is 0.293. The van der Waals surface area contributed by atoms with Crippen molar-refractivity contribution in [1.29, 1.82) is 0 Å². The van der Waals surface area contributed by atoms with Gasteiger partial charge in [0.05, 0.1) is 22.2 Å². The third-order valence-corrected chi connectivity index (χ3v) is 5.12. The Morgan fingerprint density at radius 1 is 1.56 bits per heavy atom. The van der Waals surface area contributed by atoms with Gasteiger partial charge in [-0.1, -0.05) is 18.5 Å². The number of sulfone groups is 1. The Bertz CT molecular complexity index is 565. The van der Waals surface area contributed by atoms with Gasteiger partial charge in [-0.05, 0) is 13.3 Å². The normalized spacial score (nSPS) is 13.6. The molecule has 0 saturated heterocycles. The fourth-order valence-corrected chi connectivity index (χ4v) is 3.16. The zero-order chi connectivity index (χ0) is 14.1. The van der Waals surface area contributed by atoms with Gasteiger partial charge in [0.1, 0.15) is 0 Å². The Kier molecular flexibility index (Phi) is 4.39. The van der Waals surface area contributed by atoms with Crippen LogP contribution in [-0.4, -0.2) is 34.5 Å². The number of aromatic nitrogens is 2. The standard InChI is InChI=1S/C10H15ClN2O4S/c1-4-7-9(11)8(13(3)12-7)5-18(16,17)6(2)10(14)15/h6H,4-5H2,1-3H3,(H,14,15). The molecule has 1 rings (SSSR count). The van der Waals surface area contributed by atoms with Crippen LogP contribution in [0.2, 0.25) is 5.02 Å². The molecule has 1 N–H and O–H groups in total. The molecule has 1 aromatic heterocycles. The van der Waals surface area contributed by atoms with Crippen LogP contribution in [0.5, 0.6) is 0 Å². The molecule has 18 heavy (non-hydrogen) atoms. The van der Waals surface area contributed by atoms with E-state index in [2.05, 4.69) is 5.10 Å². The van der Waals surface area contributed by atoms with Gasteiger partial charge >= 0.3 is 5.97 Å². The summed E-state index contributed by atoms with van der Waals surface area (Å²) in [4.78, 5) is 10.7. The second-order valence-electron chi connectivity index (χ2n) is 3.97. The monoisotopic (exact) mass is 294 g/mol. The molecule has 6 nitrogen and oxygen atoms in total. The van der Waals surface area contributed by atoms with Crippen LogP contribution >= 0.6 is 11.6 Å². The van der Waals surface area contributed by atoms with Crippen molar-refractivity contribution < 1.29 is 18.3 Å². The molecule has 0 radical (unpaired) electrons. The predicted molar refractivity (Wildman–Crippen MR) is 67.3 cm³/mol. The van der Waals surface area contributed by atoms with Gasteiger partial charge in [-0.15, -0.1) is 0 Å². The Morgan fingerprint density at radius 2 is 2.11 bits per heavy atom. The molecule has 0 aliphatic carbocycles. The van der Waals surface area contributed by atoms with Crippen LogP contribution in [0.1, 0.15) is 25.2 Å². The molecule has 0 aromatic carbocycles. The predicted octanol–water partition coefficient (Wildman–Crippen LogP) is 1.02. The second-order valence-corrected chi connectivity index (χ2v) is 6.67. The molecule has 8 heteroatoms. The van der Waals surface area contributed by atoms with Crippen LogP contribution in [-0.2, 0) is 33.9 Å². The fraction of sp³-hybridized carbons (Fsp3) is 0.600. The van der Waals surface area contributed by atoms with E-state index in [4.69, 9.17) is 16.7 Å². The lowest BCUT2D eigenvalue weighted by atomic mass is 10.3. The molecule has 0 aliphatic rings. The Hall–Kier alpha value is -1.08. The van der Waals surface area contributed by atoms with Gasteiger partial charge in [0.2, 0.25) is 0 Å². The van der Waals surface area contributed by atoms with Crippen LogP contribution in [0.25, 0.3) is 0 Å². The molecule has 0 saturated carbocycles. The molecule has 0 spiro atoms. The van der Waals surface area contributed by atoms with E-state index in [1.54, 1.807) is 7.05 Å². The van der Waals surface area contributed by atoms with Gasteiger partial charge in [0.25, 0.3) is 0 Å². The molecule has 1 aromatic rings. The van der Waals surface area contributed by atoms with E-state index in [-0.39, 0.29) is 0 Å². The highest BCUT2D eigenvalue weighted by Crippen LogP contribution is 2.24. The van der Waals surface area contributed by atoms with Gasteiger partial charge in [0.15, 0.2) is 15.1 Å². The van der Waals surface area contributed by atoms with Crippen LogP contribution in [0, 0.1) is 0 Å². The number of carboxylic acids is 1. The summed E-state index contributed by atoms with van der Waals surface area (Å²) >= 11 is 6.02. The maximum atomic E-state index is 11.9. The summed E-state index contributed by atoms with van der Waals surface area (Å²) in [5.41, 5.74) is 0.925. The average Bonchev–Trinajstić information content (AvgIpc) is 2.54. The SMILES string of the molecule is CCc1nn(C)c(CS(=O)(=O)C(C)C(=O)O)c1Cl. The Balaban J connectivity index is 3.12. The number of aliphatic carboxylic acids is 1. The maximum absolute atomic E-state index is 11.9. The lowest BCUT2D eigenvalue weighted by Gasteiger charge is -2.08. The van der Waals surface area contributed by atoms with E-state index < -0.39 is 26.8 Å². The molecular weight excluding hydrogens is 280 g/mol. The van der Waals surface area contributed by atoms with Crippen LogP contribution in [0.15, 0.2) is 0 Å². The van der Waals surface area contributed by atoms with E-state index in [9.17, 15) is 13.2 Å². The number of aryl methyl sites for hydroxylation is 2. The fourth-order valence-electron chi connectivity index (χ4n) is 1.45. The Labute approximate surface area is 110 Å². The van der Waals surface area contributed by atoms with Gasteiger partial charge < -0.3 is 5.11 Å². The smallest absolute Gasteiger partial charge is 0.321 e. The molecule has 1 heterocycles. The summed E-state index contributed by atoms with van der Waals surface area (Å²) in [6.07, 6.45) is 0.585. The third-order valence-electron chi connectivity index (χ3n) is 2.73. The second kappa shape index (κ2) is 5.27. The number of hydrogen-bond donors (Lipinski definition) is 1. The van der Waals surface area contributed by atoms with Crippen molar-refractivity contribution in [1.82, 2.24) is 9.78 Å². The summed E-state index contributed by atoms with van der Waals surface area (Å²) < 4.78 is 25.1. The highest BCUT2D eigenvalue weighted by Gasteiger charge is 2.30. The number of hydrogen-bond acceptors (Lipinski definition) is 4. The largest absolute Gasteiger partial charge is 0.480 e. The van der Waals surface area contributed by atoms with Crippen molar-refractivity contribution >= 4 is 27.4 Å². The molecule has 0 bridgehead atoms. The number of nitrogens with zero attached hydrogens (tertiary/aromatic N) is 2. The van der Waals surface area contributed by atoms with E-state index in [0.29, 0.717) is 22.8 Å². The van der Waals surface area contributed by atoms with Crippen LogP contribution in [0.3, 0.4) is 0 Å². The van der Waals surface area contributed by atoms with Crippen molar-refractivity contribution in [3.05, 3.63) is 16.4 Å². The molecule has 1 atom stereocenters. The maximum Gasteiger partial charge on any atom is 0.321 e. The topological polar surface area (TPSA) is 89.3 Å². The third kappa shape index (κ3) is 2.84. The summed E-state index contributed by atoms with van der Waals surface area (Å²) in [6, 6.07) is 0. The number of carboxylic acid groups (broad SMARTS) is 1. The lowest BCUT2D eigenvalue weighted by Crippen LogP contribution is -2.28. The van der Waals surface area contributed by atoms with Crippen molar-refractivity contribution in [3.8, 4) is 0 Å². The number of rotatable bonds is 5. The summed E-state index contributed by atoms with van der Waals surface area (Å²) in [6.45, 7) is 3.00. The molecule has 0 fully saturated rings. The van der Waals surface area contributed by atoms with Gasteiger partial charge in [-0.25, -0.2) is 8.42 Å². The van der Waals surface area contributed by atoms with E-state index >= 15 is 0 Å². The van der Waals surface area contributed by atoms with Crippen molar-refractivity contribution in [2.75, 3.05) is 0 Å². The molecule has 0 amide bonds. The highest BCUT2D eigenvalue weighted by molar-refractivity contribution is 7.91. The van der Waals surface area contributed by atoms with E-state index in [1.807, 2.05) is 6.92 Å². The summed E-state index contributed by atoms with van der Waals surface area (Å²) in [5.74, 6) is -1.80. The first kappa shape index (κ1) is 15.0. The van der Waals surface area contributed by atoms with Crippen molar-refractivity contribution in [2.24, 2.45) is 7.05 Å². The first-order valence-electron chi connectivity index (χ1n) is 5.35. The minimum Gasteiger partial charge on any atom is -0.480 e. The molecule has 102 valence electrons. The van der Waals surface area contributed by atoms with Crippen LogP contribution in [0.4, 0.5) is 0 Å². The quantitative estimate of drug-likeness (QED) is 0.876. The summed E-state index contributed by atoms with van der Waals surface area (Å²) in [5, 5.41) is 11.7. The van der Waals surface area contributed by atoms with Gasteiger partial charge in [-0.3, -0.25) is 9.48 Å². The zero-order valence-corrected chi connectivity index (χ0v) is 11.9. The minimum atomic E-state index is -3.80. The first-order chi connectivity index (χ1) is 8.20. The average molecular weight is 295 g/mol. The van der Waals surface area contributed by atoms with E-state index in [0.717, 1.165) is 6.92 Å². The number of carbonyl (C=O) groups is 1. The van der Waals surface area contributed by atoms with Gasteiger partial charge in [0, 0.05) is 7.05 Å². The molecule has 1 unspecified atom stereocenters. The van der Waals surface area contributed by atoms with E-state index in [1.165, 1.54) is 4.68 Å². The van der Waals surface area contributed by atoms with Crippen molar-refractivity contribution in [3.63, 3.8) is 0 Å². The van der Waals surface area contributed by atoms with Gasteiger partial charge in [-0.2, -0.15) is 5.10 Å².